The molecule has 3 rings (SSSR count). The van der Waals surface area contributed by atoms with Crippen LogP contribution < -0.4 is 0 Å². The number of carbonyl (C=O) groups excluding carboxylic acids is 1. The molecule has 0 bridgehead atoms. The second-order valence-corrected chi connectivity index (χ2v) is 6.60. The Hall–Kier alpha value is -1.08. The number of hydrogen-bond acceptors (Lipinski definition) is 4. The summed E-state index contributed by atoms with van der Waals surface area (Å²) >= 11 is 1.57. The Bertz CT molecular complexity index is 565. The van der Waals surface area contributed by atoms with Crippen LogP contribution in [0.2, 0.25) is 0 Å². The monoisotopic (exact) mass is 386 g/mol. The number of thioether (sulfide) groups is 1. The summed E-state index contributed by atoms with van der Waals surface area (Å²) in [5, 5.41) is 9.18. The van der Waals surface area contributed by atoms with E-state index in [0.717, 1.165) is 31.4 Å². The van der Waals surface area contributed by atoms with Crippen molar-refractivity contribution in [1.29, 1.82) is 0 Å². The highest BCUT2D eigenvalue weighted by Crippen LogP contribution is 2.42. The van der Waals surface area contributed by atoms with Crippen molar-refractivity contribution < 1.29 is 14.7 Å². The van der Waals surface area contributed by atoms with Crippen LogP contribution in [-0.2, 0) is 9.59 Å². The minimum atomic E-state index is -1.06. The molecule has 1 N–H and O–H groups in total. The molecule has 1 amide bonds. The van der Waals surface area contributed by atoms with Crippen molar-refractivity contribution in [2.45, 2.75) is 43.5 Å². The number of fused-ring (bicyclic) bond motifs is 1. The van der Waals surface area contributed by atoms with Gasteiger partial charge in [-0.05, 0) is 31.3 Å². The van der Waals surface area contributed by atoms with E-state index in [-0.39, 0.29) is 34.0 Å². The number of carbonyl (C=O) groups is 2. The second-order valence-electron chi connectivity index (χ2n) is 5.49. The third-order valence-corrected chi connectivity index (χ3v) is 5.46. The summed E-state index contributed by atoms with van der Waals surface area (Å²) in [4.78, 5) is 29.7. The maximum atomic E-state index is 12.3. The van der Waals surface area contributed by atoms with Crippen molar-refractivity contribution in [1.82, 2.24) is 4.90 Å². The number of aliphatic carboxylic acids is 1. The molecule has 2 fully saturated rings. The van der Waals surface area contributed by atoms with Crippen molar-refractivity contribution >= 4 is 46.3 Å². The molecule has 5 nitrogen and oxygen atoms in total. The van der Waals surface area contributed by atoms with Gasteiger partial charge in [0, 0.05) is 11.5 Å². The van der Waals surface area contributed by atoms with Gasteiger partial charge in [0.15, 0.2) is 6.04 Å². The maximum absolute atomic E-state index is 12.3. The van der Waals surface area contributed by atoms with Crippen LogP contribution in [0.4, 0.5) is 0 Å². The van der Waals surface area contributed by atoms with Gasteiger partial charge >= 0.3 is 5.97 Å². The largest absolute Gasteiger partial charge is 0.477 e. The highest BCUT2D eigenvalue weighted by atomic mass is 79.9. The lowest BCUT2D eigenvalue weighted by Crippen LogP contribution is -2.64. The minimum absolute atomic E-state index is 0. The van der Waals surface area contributed by atoms with E-state index in [4.69, 9.17) is 0 Å². The maximum Gasteiger partial charge on any atom is 0.352 e. The average Bonchev–Trinajstić information content (AvgIpc) is 2.51. The van der Waals surface area contributed by atoms with Crippen LogP contribution >= 0.6 is 28.7 Å². The normalized spacial score (nSPS) is 27.5. The topological polar surface area (TPSA) is 70.0 Å². The number of carboxylic acids is 1. The molecule has 22 heavy (non-hydrogen) atoms. The molecule has 1 saturated carbocycles. The van der Waals surface area contributed by atoms with Crippen LogP contribution in [0.15, 0.2) is 28.9 Å². The van der Waals surface area contributed by atoms with Crippen LogP contribution in [0, 0.1) is 0 Å². The standard InChI is InChI=1S/C15H18N2O3S.BrH/c1-2-9-8-21-14-11(16-10-6-4-3-5-7-10)13(18)17(14)12(9)15(19)20;/h2,11,14H,1,3-8H2,(H,19,20);1H/t11?,14-;/m0./s1. The zero-order valence-electron chi connectivity index (χ0n) is 12.2. The van der Waals surface area contributed by atoms with E-state index in [0.29, 0.717) is 11.3 Å². The first kappa shape index (κ1) is 17.3. The van der Waals surface area contributed by atoms with Gasteiger partial charge in [-0.1, -0.05) is 19.1 Å². The Morgan fingerprint density at radius 3 is 2.64 bits per heavy atom. The lowest BCUT2D eigenvalue weighted by molar-refractivity contribution is -0.147. The highest BCUT2D eigenvalue weighted by molar-refractivity contribution is 8.93. The molecule has 3 aliphatic rings. The fraction of sp³-hybridized carbons (Fsp3) is 0.533. The number of rotatable bonds is 3. The summed E-state index contributed by atoms with van der Waals surface area (Å²) in [6.07, 6.45) is 6.99. The third kappa shape index (κ3) is 2.88. The molecule has 7 heteroatoms. The molecule has 120 valence electrons. The summed E-state index contributed by atoms with van der Waals surface area (Å²) in [7, 11) is 0. The second kappa shape index (κ2) is 7.00. The number of amides is 1. The van der Waals surface area contributed by atoms with Crippen LogP contribution in [0.5, 0.6) is 0 Å². The molecule has 0 aromatic carbocycles. The van der Waals surface area contributed by atoms with E-state index >= 15 is 0 Å². The number of aliphatic imine (C=N–C) groups is 1. The average molecular weight is 387 g/mol. The molecule has 2 aliphatic heterocycles. The molecule has 2 heterocycles. The van der Waals surface area contributed by atoms with E-state index in [9.17, 15) is 14.7 Å². The van der Waals surface area contributed by atoms with E-state index in [1.807, 2.05) is 0 Å². The van der Waals surface area contributed by atoms with Crippen molar-refractivity contribution in [3.05, 3.63) is 23.9 Å². The van der Waals surface area contributed by atoms with Crippen molar-refractivity contribution in [3.63, 3.8) is 0 Å². The Balaban J connectivity index is 0.00000176. The zero-order chi connectivity index (χ0) is 15.0. The summed E-state index contributed by atoms with van der Waals surface area (Å²) < 4.78 is 0. The fourth-order valence-corrected chi connectivity index (χ4v) is 4.37. The number of carboxylic acid groups (broad SMARTS) is 1. The molecule has 0 radical (unpaired) electrons. The molecule has 2 atom stereocenters. The predicted molar refractivity (Wildman–Crippen MR) is 92.6 cm³/mol. The van der Waals surface area contributed by atoms with Gasteiger partial charge in [-0.2, -0.15) is 0 Å². The van der Waals surface area contributed by atoms with Crippen LogP contribution in [0.3, 0.4) is 0 Å². The minimum Gasteiger partial charge on any atom is -0.477 e. The summed E-state index contributed by atoms with van der Waals surface area (Å²) in [6, 6.07) is -0.399. The third-order valence-electron chi connectivity index (χ3n) is 4.17. The fourth-order valence-electron chi connectivity index (χ4n) is 3.05. The van der Waals surface area contributed by atoms with Crippen LogP contribution in [-0.4, -0.2) is 44.8 Å². The Morgan fingerprint density at radius 2 is 2.05 bits per heavy atom. The highest BCUT2D eigenvalue weighted by Gasteiger charge is 2.53. The van der Waals surface area contributed by atoms with Crippen molar-refractivity contribution in [2.75, 3.05) is 5.75 Å². The van der Waals surface area contributed by atoms with Gasteiger partial charge in [0.05, 0.1) is 0 Å². The van der Waals surface area contributed by atoms with Gasteiger partial charge in [0.25, 0.3) is 5.91 Å². The first-order valence-corrected chi connectivity index (χ1v) is 8.27. The van der Waals surface area contributed by atoms with Crippen LogP contribution in [0.25, 0.3) is 0 Å². The number of nitrogens with zero attached hydrogens (tertiary/aromatic N) is 2. The lowest BCUT2D eigenvalue weighted by atomic mass is 9.97. The zero-order valence-corrected chi connectivity index (χ0v) is 14.7. The van der Waals surface area contributed by atoms with E-state index in [1.165, 1.54) is 17.4 Å². The summed E-state index contributed by atoms with van der Waals surface area (Å²) in [6.45, 7) is 3.64. The Kier molecular flexibility index (Phi) is 5.50. The van der Waals surface area contributed by atoms with Gasteiger partial charge < -0.3 is 5.11 Å². The number of allylic oxidation sites excluding steroid dienone is 1. The molecular weight excluding hydrogens is 368 g/mol. The summed E-state index contributed by atoms with van der Waals surface area (Å²) in [5.74, 6) is -0.685. The first-order chi connectivity index (χ1) is 10.1. The molecule has 1 saturated heterocycles. The molecule has 0 aromatic rings. The van der Waals surface area contributed by atoms with E-state index in [2.05, 4.69) is 11.6 Å². The van der Waals surface area contributed by atoms with Gasteiger partial charge in [-0.3, -0.25) is 14.7 Å². The smallest absolute Gasteiger partial charge is 0.352 e. The van der Waals surface area contributed by atoms with Crippen molar-refractivity contribution in [2.24, 2.45) is 4.99 Å². The number of halogens is 1. The predicted octanol–water partition coefficient (Wildman–Crippen LogP) is 2.78. The van der Waals surface area contributed by atoms with Gasteiger partial charge in [-0.25, -0.2) is 4.79 Å². The van der Waals surface area contributed by atoms with Gasteiger partial charge in [-0.15, -0.1) is 28.7 Å². The van der Waals surface area contributed by atoms with Gasteiger partial charge in [0.1, 0.15) is 11.1 Å². The number of hydrogen-bond donors (Lipinski definition) is 1. The SMILES string of the molecule is Br.C=CC1=C(C(=O)O)N2C(=O)C(N=C3CCCCC3)[C@@H]2SC1. The van der Waals surface area contributed by atoms with Crippen molar-refractivity contribution in [3.8, 4) is 0 Å². The molecular formula is C15H19BrN2O3S. The first-order valence-electron chi connectivity index (χ1n) is 7.22. The van der Waals surface area contributed by atoms with Gasteiger partial charge in [0.2, 0.25) is 0 Å². The summed E-state index contributed by atoms with van der Waals surface area (Å²) in [5.41, 5.74) is 1.81. The molecule has 0 spiro atoms. The van der Waals surface area contributed by atoms with Crippen LogP contribution in [0.1, 0.15) is 32.1 Å². The molecule has 1 unspecified atom stereocenters. The lowest BCUT2D eigenvalue weighted by Gasteiger charge is -2.47. The van der Waals surface area contributed by atoms with E-state index in [1.54, 1.807) is 11.8 Å². The molecule has 1 aliphatic carbocycles. The Morgan fingerprint density at radius 1 is 1.36 bits per heavy atom. The van der Waals surface area contributed by atoms with E-state index < -0.39 is 12.0 Å². The number of β-lactam (4-membered cyclic amide) rings is 1. The molecule has 0 aromatic heterocycles. The quantitative estimate of drug-likeness (QED) is 0.757. The Labute approximate surface area is 144 Å².